The van der Waals surface area contributed by atoms with Crippen LogP contribution in [0.3, 0.4) is 0 Å². The maximum Gasteiger partial charge on any atom is 0.335 e. The highest BCUT2D eigenvalue weighted by Gasteiger charge is 2.24. The number of nitrogens with one attached hydrogen (secondary N) is 1. The first-order valence-corrected chi connectivity index (χ1v) is 7.92. The Hall–Kier alpha value is -1.94. The largest absolute Gasteiger partial charge is 0.478 e. The van der Waals surface area contributed by atoms with Gasteiger partial charge in [0.05, 0.1) is 11.3 Å². The standard InChI is InChI=1S/C11H11BrN4O4S/c1-6-3-4-7(11(17)18)5-8(6)14-21(19,20)10-9(12)13-15-16(10)2/h3-5,14H,1-2H3,(H,17,18). The number of rotatable bonds is 4. The molecule has 0 radical (unpaired) electrons. The van der Waals surface area contributed by atoms with E-state index in [0.29, 0.717) is 5.56 Å². The van der Waals surface area contributed by atoms with Gasteiger partial charge in [-0.25, -0.2) is 9.48 Å². The van der Waals surface area contributed by atoms with Crippen LogP contribution >= 0.6 is 15.9 Å². The SMILES string of the molecule is Cc1ccc(C(=O)O)cc1NS(=O)(=O)c1c(Br)nnn1C. The van der Waals surface area contributed by atoms with Crippen molar-refractivity contribution in [2.75, 3.05) is 4.72 Å². The van der Waals surface area contributed by atoms with Crippen LogP contribution in [0.5, 0.6) is 0 Å². The lowest BCUT2D eigenvalue weighted by Gasteiger charge is -2.11. The molecule has 1 aromatic heterocycles. The number of aromatic carboxylic acids is 1. The van der Waals surface area contributed by atoms with E-state index in [0.717, 1.165) is 4.68 Å². The lowest BCUT2D eigenvalue weighted by Crippen LogP contribution is -2.18. The molecule has 0 aliphatic carbocycles. The summed E-state index contributed by atoms with van der Waals surface area (Å²) in [7, 11) is -2.51. The Morgan fingerprint density at radius 1 is 1.43 bits per heavy atom. The zero-order valence-electron chi connectivity index (χ0n) is 11.0. The van der Waals surface area contributed by atoms with Gasteiger partial charge in [-0.1, -0.05) is 11.3 Å². The second kappa shape index (κ2) is 5.45. The van der Waals surface area contributed by atoms with Crippen LogP contribution in [0.15, 0.2) is 27.8 Å². The van der Waals surface area contributed by atoms with Gasteiger partial charge in [-0.05, 0) is 40.5 Å². The van der Waals surface area contributed by atoms with Crippen LogP contribution < -0.4 is 4.72 Å². The molecule has 8 nitrogen and oxygen atoms in total. The van der Waals surface area contributed by atoms with E-state index in [2.05, 4.69) is 31.0 Å². The van der Waals surface area contributed by atoms with Gasteiger partial charge in [-0.3, -0.25) is 4.72 Å². The van der Waals surface area contributed by atoms with E-state index in [9.17, 15) is 13.2 Å². The number of carbonyl (C=O) groups is 1. The minimum Gasteiger partial charge on any atom is -0.478 e. The third-order valence-electron chi connectivity index (χ3n) is 2.72. The van der Waals surface area contributed by atoms with Crippen LogP contribution in [0, 0.1) is 6.92 Å². The monoisotopic (exact) mass is 374 g/mol. The number of carboxylic acid groups (broad SMARTS) is 1. The Bertz CT molecular complexity index is 796. The molecule has 2 N–H and O–H groups in total. The zero-order chi connectivity index (χ0) is 15.8. The second-order valence-corrected chi connectivity index (χ2v) is 6.60. The van der Waals surface area contributed by atoms with E-state index >= 15 is 0 Å². The van der Waals surface area contributed by atoms with Gasteiger partial charge in [0, 0.05) is 7.05 Å². The van der Waals surface area contributed by atoms with Crippen LogP contribution in [0.1, 0.15) is 15.9 Å². The summed E-state index contributed by atoms with van der Waals surface area (Å²) < 4.78 is 28.2. The topological polar surface area (TPSA) is 114 Å². The number of nitrogens with zero attached hydrogens (tertiary/aromatic N) is 3. The summed E-state index contributed by atoms with van der Waals surface area (Å²) >= 11 is 3.01. The fourth-order valence-electron chi connectivity index (χ4n) is 1.67. The second-order valence-electron chi connectivity index (χ2n) is 4.25. The number of benzene rings is 1. The number of hydrogen-bond acceptors (Lipinski definition) is 5. The van der Waals surface area contributed by atoms with Gasteiger partial charge in [-0.2, -0.15) is 8.42 Å². The minimum atomic E-state index is -3.95. The summed E-state index contributed by atoms with van der Waals surface area (Å²) in [5.74, 6) is -1.14. The lowest BCUT2D eigenvalue weighted by atomic mass is 10.1. The predicted octanol–water partition coefficient (Wildman–Crippen LogP) is 1.39. The van der Waals surface area contributed by atoms with Crippen molar-refractivity contribution in [3.63, 3.8) is 0 Å². The number of aryl methyl sites for hydroxylation is 2. The number of hydrogen-bond donors (Lipinski definition) is 2. The molecule has 112 valence electrons. The highest BCUT2D eigenvalue weighted by atomic mass is 79.9. The number of carboxylic acids is 1. The van der Waals surface area contributed by atoms with E-state index in [-0.39, 0.29) is 20.9 Å². The quantitative estimate of drug-likeness (QED) is 0.835. The van der Waals surface area contributed by atoms with Crippen molar-refractivity contribution in [2.24, 2.45) is 7.05 Å². The summed E-state index contributed by atoms with van der Waals surface area (Å²) in [6.07, 6.45) is 0. The summed E-state index contributed by atoms with van der Waals surface area (Å²) in [4.78, 5) is 11.0. The molecule has 0 aliphatic heterocycles. The normalized spacial score (nSPS) is 11.4. The molecule has 10 heteroatoms. The number of anilines is 1. The van der Waals surface area contributed by atoms with Crippen LogP contribution in [-0.2, 0) is 17.1 Å². The van der Waals surface area contributed by atoms with E-state index in [1.165, 1.54) is 25.2 Å². The highest BCUT2D eigenvalue weighted by Crippen LogP contribution is 2.24. The average Bonchev–Trinajstić information content (AvgIpc) is 2.71. The van der Waals surface area contributed by atoms with Gasteiger partial charge in [-0.15, -0.1) is 5.10 Å². The first-order chi connectivity index (χ1) is 9.72. The van der Waals surface area contributed by atoms with Crippen molar-refractivity contribution in [3.05, 3.63) is 33.9 Å². The van der Waals surface area contributed by atoms with Gasteiger partial charge in [0.1, 0.15) is 0 Å². The molecule has 0 saturated carbocycles. The molecule has 0 saturated heterocycles. The van der Waals surface area contributed by atoms with Gasteiger partial charge in [0.2, 0.25) is 5.03 Å². The van der Waals surface area contributed by atoms with Crippen molar-refractivity contribution in [1.82, 2.24) is 15.0 Å². The molecule has 0 unspecified atom stereocenters. The first-order valence-electron chi connectivity index (χ1n) is 5.64. The predicted molar refractivity (Wildman–Crippen MR) is 77.6 cm³/mol. The maximum absolute atomic E-state index is 12.3. The average molecular weight is 375 g/mol. The molecule has 1 heterocycles. The lowest BCUT2D eigenvalue weighted by molar-refractivity contribution is 0.0697. The summed E-state index contributed by atoms with van der Waals surface area (Å²) in [6, 6.07) is 4.18. The van der Waals surface area contributed by atoms with Crippen LogP contribution in [0.4, 0.5) is 5.69 Å². The summed E-state index contributed by atoms with van der Waals surface area (Å²) in [6.45, 7) is 1.67. The molecule has 0 atom stereocenters. The molecular weight excluding hydrogens is 364 g/mol. The number of aromatic nitrogens is 3. The van der Waals surface area contributed by atoms with E-state index in [4.69, 9.17) is 5.11 Å². The van der Waals surface area contributed by atoms with Crippen molar-refractivity contribution < 1.29 is 18.3 Å². The molecule has 0 bridgehead atoms. The fraction of sp³-hybridized carbons (Fsp3) is 0.182. The smallest absolute Gasteiger partial charge is 0.335 e. The molecule has 1 aromatic carbocycles. The van der Waals surface area contributed by atoms with Crippen LogP contribution in [-0.4, -0.2) is 34.5 Å². The van der Waals surface area contributed by atoms with Crippen molar-refractivity contribution in [3.8, 4) is 0 Å². The summed E-state index contributed by atoms with van der Waals surface area (Å²) in [5, 5.41) is 16.0. The van der Waals surface area contributed by atoms with Gasteiger partial charge in [0.25, 0.3) is 10.0 Å². The third kappa shape index (κ3) is 3.05. The molecule has 21 heavy (non-hydrogen) atoms. The van der Waals surface area contributed by atoms with Crippen LogP contribution in [0.25, 0.3) is 0 Å². The Kier molecular flexibility index (Phi) is 4.01. The number of sulfonamides is 1. The van der Waals surface area contributed by atoms with Gasteiger partial charge >= 0.3 is 5.97 Å². The Morgan fingerprint density at radius 3 is 2.62 bits per heavy atom. The van der Waals surface area contributed by atoms with Gasteiger partial charge < -0.3 is 5.11 Å². The molecule has 2 rings (SSSR count). The molecule has 0 fully saturated rings. The maximum atomic E-state index is 12.3. The molecule has 0 aliphatic rings. The Labute approximate surface area is 129 Å². The number of halogens is 1. The molecule has 0 spiro atoms. The Morgan fingerprint density at radius 2 is 2.10 bits per heavy atom. The van der Waals surface area contributed by atoms with E-state index < -0.39 is 16.0 Å². The van der Waals surface area contributed by atoms with Gasteiger partial charge in [0.15, 0.2) is 4.60 Å². The zero-order valence-corrected chi connectivity index (χ0v) is 13.4. The highest BCUT2D eigenvalue weighted by molar-refractivity contribution is 9.10. The van der Waals surface area contributed by atoms with E-state index in [1.807, 2.05) is 0 Å². The van der Waals surface area contributed by atoms with Crippen molar-refractivity contribution >= 4 is 37.6 Å². The minimum absolute atomic E-state index is 0.0134. The summed E-state index contributed by atoms with van der Waals surface area (Å²) in [5.41, 5.74) is 0.762. The fourth-order valence-corrected chi connectivity index (χ4v) is 3.89. The van der Waals surface area contributed by atoms with Crippen LogP contribution in [0.2, 0.25) is 0 Å². The molecule has 0 amide bonds. The van der Waals surface area contributed by atoms with Crippen molar-refractivity contribution in [1.29, 1.82) is 0 Å². The van der Waals surface area contributed by atoms with E-state index in [1.54, 1.807) is 6.92 Å². The Balaban J connectivity index is 2.46. The van der Waals surface area contributed by atoms with Crippen molar-refractivity contribution in [2.45, 2.75) is 11.9 Å². The molecule has 2 aromatic rings. The molecular formula is C11H11BrN4O4S. The first kappa shape index (κ1) is 15.4. The third-order valence-corrected chi connectivity index (χ3v) is 4.97.